The van der Waals surface area contributed by atoms with E-state index in [4.69, 9.17) is 23.3 Å². The van der Waals surface area contributed by atoms with Gasteiger partial charge < -0.3 is 24.2 Å². The van der Waals surface area contributed by atoms with Crippen LogP contribution in [0.4, 0.5) is 0 Å². The van der Waals surface area contributed by atoms with Crippen LogP contribution in [-0.2, 0) is 42.2 Å². The highest BCUT2D eigenvalue weighted by Crippen LogP contribution is 2.43. The van der Waals surface area contributed by atoms with Crippen molar-refractivity contribution in [1.29, 1.82) is 0 Å². The van der Waals surface area contributed by atoms with Crippen molar-refractivity contribution in [3.63, 3.8) is 0 Å². The van der Waals surface area contributed by atoms with E-state index in [0.717, 1.165) is 89.9 Å². The van der Waals surface area contributed by atoms with Crippen molar-refractivity contribution >= 4 is 25.7 Å². The zero-order valence-corrected chi connectivity index (χ0v) is 46.0. The van der Waals surface area contributed by atoms with Gasteiger partial charge in [0.25, 0.3) is 0 Å². The van der Waals surface area contributed by atoms with Gasteiger partial charge in [-0.25, -0.2) is 4.57 Å². The van der Waals surface area contributed by atoms with Crippen LogP contribution in [0, 0.1) is 0 Å². The second-order valence-corrected chi connectivity index (χ2v) is 19.4. The summed E-state index contributed by atoms with van der Waals surface area (Å²) in [4.78, 5) is 48.4. The molecule has 12 heteroatoms. The van der Waals surface area contributed by atoms with Crippen molar-refractivity contribution in [2.24, 2.45) is 0 Å². The van der Waals surface area contributed by atoms with E-state index in [-0.39, 0.29) is 25.9 Å². The van der Waals surface area contributed by atoms with Gasteiger partial charge in [-0.1, -0.05) is 214 Å². The topological polar surface area (TPSA) is 155 Å². The molecule has 0 aromatic rings. The molecule has 0 aliphatic heterocycles. The highest BCUT2D eigenvalue weighted by atomic mass is 31.2. The predicted octanol–water partition coefficient (Wildman–Crippen LogP) is 16.2. The Morgan fingerprint density at radius 3 is 1.19 bits per heavy atom. The van der Waals surface area contributed by atoms with Crippen LogP contribution in [0.2, 0.25) is 0 Å². The van der Waals surface area contributed by atoms with Gasteiger partial charge in [-0.15, -0.1) is 0 Å². The van der Waals surface area contributed by atoms with Crippen LogP contribution >= 0.6 is 7.82 Å². The summed E-state index contributed by atoms with van der Waals surface area (Å²) in [6, 6.07) is 0. The van der Waals surface area contributed by atoms with Gasteiger partial charge in [0.05, 0.1) is 19.8 Å². The number of esters is 3. The molecule has 0 heterocycles. The van der Waals surface area contributed by atoms with Gasteiger partial charge in [0, 0.05) is 19.3 Å². The van der Waals surface area contributed by atoms with E-state index in [9.17, 15) is 28.9 Å². The number of hydrogen-bond donors (Lipinski definition) is 2. The summed E-state index contributed by atoms with van der Waals surface area (Å²) < 4.78 is 39.3. The zero-order chi connectivity index (χ0) is 52.7. The Kier molecular flexibility index (Phi) is 50.6. The van der Waals surface area contributed by atoms with Crippen LogP contribution in [0.15, 0.2) is 109 Å². The van der Waals surface area contributed by atoms with Crippen LogP contribution in [-0.4, -0.2) is 66.5 Å². The van der Waals surface area contributed by atoms with Crippen molar-refractivity contribution in [3.8, 4) is 0 Å². The molecule has 410 valence electrons. The lowest BCUT2D eigenvalue weighted by atomic mass is 10.0. The number of ether oxygens (including phenoxy) is 3. The highest BCUT2D eigenvalue weighted by molar-refractivity contribution is 7.47. The molecule has 0 rings (SSSR count). The summed E-state index contributed by atoms with van der Waals surface area (Å²) in [6.45, 7) is 4.28. The first-order valence-electron chi connectivity index (χ1n) is 27.8. The molecule has 72 heavy (non-hydrogen) atoms. The average molecular weight is 1030 g/mol. The molecule has 0 amide bonds. The fourth-order valence-corrected chi connectivity index (χ4v) is 7.83. The quantitative estimate of drug-likeness (QED) is 0.0197. The number of unbranched alkanes of at least 4 members (excludes halogenated alkanes) is 15. The lowest BCUT2D eigenvalue weighted by molar-refractivity contribution is -0.161. The Morgan fingerprint density at radius 1 is 0.403 bits per heavy atom. The number of carbonyl (C=O) groups excluding carboxylic acids is 3. The summed E-state index contributed by atoms with van der Waals surface area (Å²) >= 11 is 0. The fraction of sp³-hybridized carbons (Fsp3) is 0.650. The molecule has 3 atom stereocenters. The molecule has 0 saturated heterocycles. The third kappa shape index (κ3) is 51.1. The van der Waals surface area contributed by atoms with Crippen LogP contribution in [0.3, 0.4) is 0 Å². The smallest absolute Gasteiger partial charge is 0.462 e. The van der Waals surface area contributed by atoms with Crippen molar-refractivity contribution in [2.45, 2.75) is 226 Å². The van der Waals surface area contributed by atoms with E-state index >= 15 is 0 Å². The lowest BCUT2D eigenvalue weighted by Crippen LogP contribution is -2.30. The fourth-order valence-electron chi connectivity index (χ4n) is 7.04. The summed E-state index contributed by atoms with van der Waals surface area (Å²) in [5.74, 6) is -1.60. The van der Waals surface area contributed by atoms with E-state index < -0.39 is 57.8 Å². The van der Waals surface area contributed by atoms with E-state index in [1.807, 2.05) is 12.2 Å². The first kappa shape index (κ1) is 68.1. The molecule has 0 aliphatic rings. The third-order valence-electron chi connectivity index (χ3n) is 11.2. The van der Waals surface area contributed by atoms with Gasteiger partial charge in [0.2, 0.25) is 0 Å². The van der Waals surface area contributed by atoms with Crippen molar-refractivity contribution in [1.82, 2.24) is 0 Å². The maximum atomic E-state index is 12.9. The Hall–Kier alpha value is -3.86. The maximum Gasteiger partial charge on any atom is 0.472 e. The molecule has 11 nitrogen and oxygen atoms in total. The number of rotatable bonds is 50. The molecule has 0 fully saturated rings. The monoisotopic (exact) mass is 1030 g/mol. The first-order chi connectivity index (χ1) is 35.2. The third-order valence-corrected chi connectivity index (χ3v) is 12.2. The van der Waals surface area contributed by atoms with Crippen molar-refractivity contribution in [3.05, 3.63) is 109 Å². The largest absolute Gasteiger partial charge is 0.472 e. The van der Waals surface area contributed by atoms with E-state index in [0.29, 0.717) is 25.7 Å². The van der Waals surface area contributed by atoms with Gasteiger partial charge in [-0.3, -0.25) is 23.4 Å². The van der Waals surface area contributed by atoms with Crippen LogP contribution < -0.4 is 0 Å². The standard InChI is InChI=1S/C60H99O11P/c1-4-7-10-13-16-19-22-25-26-27-28-29-30-33-36-39-42-45-48-51-60(64)71-57(53-67-58(62)49-46-43-40-37-34-31-23-20-17-14-11-8-5-2)55-69-72(65,66)68-54-56(52-61)70-59(63)50-47-44-41-38-35-32-24-21-18-15-12-9-6-3/h7,9-10,12,16,18-19,21,25-26,28-29,32-33,35-36,42,45,56-57,61H,4-6,8,11,13-15,17,20,22-24,27,30-31,34,37-41,43-44,46-55H2,1-3H3,(H,65,66)/b10-7-,12-9-,19-16-,21-18-,26-25-,29-28-,35-32-,36-33-,45-42-. The molecule has 0 radical (unpaired) electrons. The number of allylic oxidation sites excluding steroid dienone is 18. The summed E-state index contributed by atoms with van der Waals surface area (Å²) in [6.07, 6.45) is 63.6. The average Bonchev–Trinajstić information content (AvgIpc) is 3.37. The van der Waals surface area contributed by atoms with Crippen molar-refractivity contribution in [2.75, 3.05) is 26.4 Å². The minimum absolute atomic E-state index is 0.0366. The number of carbonyl (C=O) groups is 3. The molecular weight excluding hydrogens is 928 g/mol. The Bertz CT molecular complexity index is 1620. The normalized spacial score (nSPS) is 14.2. The number of aliphatic hydroxyl groups excluding tert-OH is 1. The van der Waals surface area contributed by atoms with Crippen molar-refractivity contribution < 1.29 is 52.2 Å². The van der Waals surface area contributed by atoms with Crippen LogP contribution in [0.5, 0.6) is 0 Å². The van der Waals surface area contributed by atoms with Crippen LogP contribution in [0.25, 0.3) is 0 Å². The van der Waals surface area contributed by atoms with E-state index in [2.05, 4.69) is 118 Å². The van der Waals surface area contributed by atoms with Gasteiger partial charge in [0.1, 0.15) is 12.7 Å². The molecule has 0 aromatic carbocycles. The minimum atomic E-state index is -4.78. The highest BCUT2D eigenvalue weighted by Gasteiger charge is 2.28. The molecule has 0 aliphatic carbocycles. The Labute approximate surface area is 437 Å². The first-order valence-corrected chi connectivity index (χ1v) is 29.3. The molecule has 0 bridgehead atoms. The van der Waals surface area contributed by atoms with Crippen LogP contribution in [0.1, 0.15) is 213 Å². The summed E-state index contributed by atoms with van der Waals surface area (Å²) in [7, 11) is -4.78. The summed E-state index contributed by atoms with van der Waals surface area (Å²) in [5, 5.41) is 9.79. The summed E-state index contributed by atoms with van der Waals surface area (Å²) in [5.41, 5.74) is 0. The lowest BCUT2D eigenvalue weighted by Gasteiger charge is -2.21. The molecular formula is C60H99O11P. The maximum absolute atomic E-state index is 12.9. The van der Waals surface area contributed by atoms with Gasteiger partial charge in [-0.2, -0.15) is 0 Å². The van der Waals surface area contributed by atoms with Gasteiger partial charge in [-0.05, 0) is 89.9 Å². The van der Waals surface area contributed by atoms with E-state index in [1.165, 1.54) is 57.8 Å². The number of phosphoric acid groups is 1. The van der Waals surface area contributed by atoms with Gasteiger partial charge >= 0.3 is 25.7 Å². The Balaban J connectivity index is 4.88. The van der Waals surface area contributed by atoms with Gasteiger partial charge in [0.15, 0.2) is 6.10 Å². The molecule has 3 unspecified atom stereocenters. The molecule has 0 aromatic heterocycles. The number of hydrogen-bond acceptors (Lipinski definition) is 10. The SMILES string of the molecule is CC/C=C\C/C=C\C/C=C\C/C=C\C/C=C\C/C=C\CCC(=O)OC(COC(=O)CCCCCCCCCCCCCCC)COP(=O)(O)OCC(CO)OC(=O)CCCCC/C=C\C/C=C\C/C=C\CC. The molecule has 0 saturated carbocycles. The van der Waals surface area contributed by atoms with E-state index in [1.54, 1.807) is 0 Å². The molecule has 0 spiro atoms. The number of aliphatic hydroxyl groups is 1. The zero-order valence-electron chi connectivity index (χ0n) is 45.1. The second-order valence-electron chi connectivity index (χ2n) is 18.0. The minimum Gasteiger partial charge on any atom is -0.462 e. The predicted molar refractivity (Wildman–Crippen MR) is 297 cm³/mol. The molecule has 2 N–H and O–H groups in total. The Morgan fingerprint density at radius 2 is 0.750 bits per heavy atom. The second kappa shape index (κ2) is 53.4. The number of phosphoric ester groups is 1.